The molecule has 4 rings (SSSR count). The van der Waals surface area contributed by atoms with Gasteiger partial charge < -0.3 is 10.1 Å². The zero-order valence-electron chi connectivity index (χ0n) is 12.6. The molecule has 118 valence electrons. The molecule has 1 aromatic heterocycles. The second-order valence-electron chi connectivity index (χ2n) is 6.50. The van der Waals surface area contributed by atoms with Crippen LogP contribution < -0.4 is 5.32 Å². The van der Waals surface area contributed by atoms with Gasteiger partial charge in [0.1, 0.15) is 6.10 Å². The number of nitrogens with one attached hydrogen (secondary N) is 1. The third-order valence-corrected chi connectivity index (χ3v) is 5.24. The minimum atomic E-state index is -0.357. The predicted octanol–water partition coefficient (Wildman–Crippen LogP) is 1.59. The van der Waals surface area contributed by atoms with E-state index in [0.29, 0.717) is 11.9 Å². The van der Waals surface area contributed by atoms with E-state index >= 15 is 0 Å². The van der Waals surface area contributed by atoms with Gasteiger partial charge in [-0.15, -0.1) is 0 Å². The summed E-state index contributed by atoms with van der Waals surface area (Å²) in [4.78, 5) is 23.0. The molecule has 3 fully saturated rings. The van der Waals surface area contributed by atoms with Crippen molar-refractivity contribution in [3.8, 4) is 0 Å². The van der Waals surface area contributed by atoms with Gasteiger partial charge in [-0.1, -0.05) is 6.42 Å². The van der Waals surface area contributed by atoms with Gasteiger partial charge in [-0.05, 0) is 32.1 Å². The molecule has 1 amide bonds. The Hall–Kier alpha value is -1.53. The third kappa shape index (κ3) is 2.61. The van der Waals surface area contributed by atoms with Gasteiger partial charge in [-0.2, -0.15) is 0 Å². The fraction of sp³-hybridized carbons (Fsp3) is 0.688. The van der Waals surface area contributed by atoms with Crippen LogP contribution in [0, 0.1) is 0 Å². The summed E-state index contributed by atoms with van der Waals surface area (Å²) in [5.74, 6) is 0.391. The van der Waals surface area contributed by atoms with Crippen molar-refractivity contribution in [3.63, 3.8) is 0 Å². The van der Waals surface area contributed by atoms with E-state index < -0.39 is 0 Å². The van der Waals surface area contributed by atoms with E-state index in [2.05, 4.69) is 20.2 Å². The van der Waals surface area contributed by atoms with Crippen molar-refractivity contribution >= 4 is 11.7 Å². The molecule has 0 unspecified atom stereocenters. The normalized spacial score (nSPS) is 32.3. The van der Waals surface area contributed by atoms with E-state index in [-0.39, 0.29) is 18.1 Å². The van der Waals surface area contributed by atoms with Crippen LogP contribution in [0.15, 0.2) is 18.6 Å². The highest BCUT2D eigenvalue weighted by atomic mass is 16.5. The van der Waals surface area contributed by atoms with Gasteiger partial charge in [0.2, 0.25) is 0 Å². The first-order valence-corrected chi connectivity index (χ1v) is 8.29. The number of carbonyl (C=O) groups is 1. The highest BCUT2D eigenvalue weighted by molar-refractivity contribution is 5.93. The standard InChI is InChI=1S/C16H22N4O2/c21-16(19-15-10-17-7-8-18-15)14-5-4-12-13(22-14)6-9-20(12)11-2-1-3-11/h7-8,10-14H,1-6,9H2,(H,18,19,21)/t12-,13-,14-/m0/s1. The molecule has 6 nitrogen and oxygen atoms in total. The van der Waals surface area contributed by atoms with Gasteiger partial charge in [0.15, 0.2) is 5.82 Å². The first kappa shape index (κ1) is 14.1. The number of nitrogens with zero attached hydrogens (tertiary/aromatic N) is 3. The van der Waals surface area contributed by atoms with E-state index in [9.17, 15) is 4.79 Å². The van der Waals surface area contributed by atoms with Crippen molar-refractivity contribution in [2.75, 3.05) is 11.9 Å². The summed E-state index contributed by atoms with van der Waals surface area (Å²) in [6.07, 6.45) is 11.5. The summed E-state index contributed by atoms with van der Waals surface area (Å²) >= 11 is 0. The maximum atomic E-state index is 12.3. The number of anilines is 1. The smallest absolute Gasteiger partial charge is 0.254 e. The quantitative estimate of drug-likeness (QED) is 0.918. The zero-order chi connectivity index (χ0) is 14.9. The highest BCUT2D eigenvalue weighted by Crippen LogP contribution is 2.37. The number of aromatic nitrogens is 2. The Bertz CT molecular complexity index is 534. The minimum Gasteiger partial charge on any atom is -0.363 e. The molecule has 2 aliphatic heterocycles. The minimum absolute atomic E-state index is 0.0963. The summed E-state index contributed by atoms with van der Waals surface area (Å²) in [5.41, 5.74) is 0. The number of rotatable bonds is 3. The molecule has 3 aliphatic rings. The Kier molecular flexibility index (Phi) is 3.80. The van der Waals surface area contributed by atoms with Crippen LogP contribution in [0.2, 0.25) is 0 Å². The molecule has 22 heavy (non-hydrogen) atoms. The molecule has 0 spiro atoms. The van der Waals surface area contributed by atoms with Crippen molar-refractivity contribution in [1.29, 1.82) is 0 Å². The first-order valence-electron chi connectivity index (χ1n) is 8.29. The number of hydrogen-bond donors (Lipinski definition) is 1. The van der Waals surface area contributed by atoms with Crippen molar-refractivity contribution in [2.45, 2.75) is 62.8 Å². The van der Waals surface area contributed by atoms with Gasteiger partial charge in [0.25, 0.3) is 5.91 Å². The summed E-state index contributed by atoms with van der Waals surface area (Å²) in [7, 11) is 0. The van der Waals surface area contributed by atoms with E-state index in [1.165, 1.54) is 19.3 Å². The topological polar surface area (TPSA) is 67.4 Å². The number of carbonyl (C=O) groups excluding carboxylic acids is 1. The molecule has 1 saturated carbocycles. The maximum Gasteiger partial charge on any atom is 0.254 e. The molecule has 3 atom stereocenters. The van der Waals surface area contributed by atoms with Crippen LogP contribution in [0.3, 0.4) is 0 Å². The molecule has 1 aliphatic carbocycles. The van der Waals surface area contributed by atoms with Crippen LogP contribution in [0.4, 0.5) is 5.82 Å². The molecule has 0 radical (unpaired) electrons. The van der Waals surface area contributed by atoms with E-state index in [1.54, 1.807) is 18.6 Å². The average Bonchev–Trinajstić information content (AvgIpc) is 2.90. The van der Waals surface area contributed by atoms with Crippen LogP contribution in [0.1, 0.15) is 38.5 Å². The molecule has 0 bridgehead atoms. The van der Waals surface area contributed by atoms with Crippen molar-refractivity contribution in [3.05, 3.63) is 18.6 Å². The van der Waals surface area contributed by atoms with Crippen LogP contribution in [0.25, 0.3) is 0 Å². The Balaban J connectivity index is 1.35. The monoisotopic (exact) mass is 302 g/mol. The average molecular weight is 302 g/mol. The zero-order valence-corrected chi connectivity index (χ0v) is 12.6. The summed E-state index contributed by atoms with van der Waals surface area (Å²) in [6, 6.07) is 1.29. The van der Waals surface area contributed by atoms with Gasteiger partial charge in [-0.3, -0.25) is 14.7 Å². The Morgan fingerprint density at radius 2 is 2.14 bits per heavy atom. The van der Waals surface area contributed by atoms with Crippen LogP contribution in [0.5, 0.6) is 0 Å². The molecule has 3 heterocycles. The SMILES string of the molecule is O=C(Nc1cnccn1)[C@@H]1CC[C@H]2[C@H](CCN2C2CCC2)O1. The number of hydrogen-bond acceptors (Lipinski definition) is 5. The molecule has 0 aromatic carbocycles. The van der Waals surface area contributed by atoms with Crippen molar-refractivity contribution < 1.29 is 9.53 Å². The Morgan fingerprint density at radius 1 is 1.23 bits per heavy atom. The molecule has 1 aromatic rings. The number of ether oxygens (including phenoxy) is 1. The second-order valence-corrected chi connectivity index (χ2v) is 6.50. The lowest BCUT2D eigenvalue weighted by Gasteiger charge is -2.42. The number of likely N-dealkylation sites (tertiary alicyclic amines) is 1. The van der Waals surface area contributed by atoms with E-state index in [4.69, 9.17) is 4.74 Å². The summed E-state index contributed by atoms with van der Waals surface area (Å²) in [5, 5.41) is 2.80. The van der Waals surface area contributed by atoms with Gasteiger partial charge in [0, 0.05) is 31.0 Å². The molecular formula is C16H22N4O2. The Labute approximate surface area is 130 Å². The maximum absolute atomic E-state index is 12.3. The van der Waals surface area contributed by atoms with Crippen LogP contribution in [-0.2, 0) is 9.53 Å². The third-order valence-electron chi connectivity index (χ3n) is 5.24. The molecule has 6 heteroatoms. The number of amides is 1. The van der Waals surface area contributed by atoms with E-state index in [0.717, 1.165) is 31.8 Å². The van der Waals surface area contributed by atoms with Crippen LogP contribution in [-0.4, -0.2) is 51.6 Å². The van der Waals surface area contributed by atoms with Gasteiger partial charge >= 0.3 is 0 Å². The predicted molar refractivity (Wildman–Crippen MR) is 81.3 cm³/mol. The highest BCUT2D eigenvalue weighted by Gasteiger charge is 2.44. The van der Waals surface area contributed by atoms with Gasteiger partial charge in [0.05, 0.1) is 12.3 Å². The van der Waals surface area contributed by atoms with E-state index in [1.807, 2.05) is 0 Å². The largest absolute Gasteiger partial charge is 0.363 e. The fourth-order valence-corrected chi connectivity index (χ4v) is 3.89. The lowest BCUT2D eigenvalue weighted by Crippen LogP contribution is -2.50. The fourth-order valence-electron chi connectivity index (χ4n) is 3.89. The lowest BCUT2D eigenvalue weighted by molar-refractivity contribution is -0.139. The number of fused-ring (bicyclic) bond motifs is 1. The lowest BCUT2D eigenvalue weighted by atomic mass is 9.89. The Morgan fingerprint density at radius 3 is 2.86 bits per heavy atom. The summed E-state index contributed by atoms with van der Waals surface area (Å²) in [6.45, 7) is 1.12. The van der Waals surface area contributed by atoms with Gasteiger partial charge in [-0.25, -0.2) is 4.98 Å². The molecule has 2 saturated heterocycles. The van der Waals surface area contributed by atoms with Crippen LogP contribution >= 0.6 is 0 Å². The second kappa shape index (κ2) is 5.93. The van der Waals surface area contributed by atoms with Crippen molar-refractivity contribution in [2.24, 2.45) is 0 Å². The first-order chi connectivity index (χ1) is 10.8. The molecular weight excluding hydrogens is 280 g/mol. The summed E-state index contributed by atoms with van der Waals surface area (Å²) < 4.78 is 6.09. The molecule has 1 N–H and O–H groups in total. The van der Waals surface area contributed by atoms with Crippen molar-refractivity contribution in [1.82, 2.24) is 14.9 Å².